The van der Waals surface area contributed by atoms with Crippen LogP contribution in [0.2, 0.25) is 0 Å². The molecular formula is C8H13N3S. The summed E-state index contributed by atoms with van der Waals surface area (Å²) in [4.78, 5) is 0. The largest absolute Gasteiger partial charge is 0.379 e. The third-order valence-corrected chi connectivity index (χ3v) is 3.24. The molecule has 1 atom stereocenters. The molecule has 1 fully saturated rings. The Balaban J connectivity index is 1.86. The summed E-state index contributed by atoms with van der Waals surface area (Å²) in [6.45, 7) is 0. The molecule has 2 rings (SSSR count). The van der Waals surface area contributed by atoms with Crippen LogP contribution in [0.1, 0.15) is 12.8 Å². The highest BCUT2D eigenvalue weighted by Gasteiger charge is 2.12. The summed E-state index contributed by atoms with van der Waals surface area (Å²) in [6, 6.07) is 0.640. The van der Waals surface area contributed by atoms with Crippen LogP contribution in [-0.2, 0) is 0 Å². The third kappa shape index (κ3) is 1.94. The molecule has 0 radical (unpaired) electrons. The average molecular weight is 183 g/mol. The maximum Gasteiger partial charge on any atom is 0.0726 e. The van der Waals surface area contributed by atoms with E-state index < -0.39 is 0 Å². The van der Waals surface area contributed by atoms with E-state index in [-0.39, 0.29) is 0 Å². The molecular weight excluding hydrogens is 170 g/mol. The van der Waals surface area contributed by atoms with Crippen LogP contribution in [0.25, 0.3) is 0 Å². The van der Waals surface area contributed by atoms with Gasteiger partial charge in [-0.3, -0.25) is 5.10 Å². The van der Waals surface area contributed by atoms with Crippen LogP contribution in [-0.4, -0.2) is 27.7 Å². The van der Waals surface area contributed by atoms with Crippen molar-refractivity contribution < 1.29 is 0 Å². The first-order valence-corrected chi connectivity index (χ1v) is 5.44. The van der Waals surface area contributed by atoms with E-state index in [1.54, 1.807) is 0 Å². The number of nitrogens with one attached hydrogen (secondary N) is 2. The molecule has 0 saturated carbocycles. The smallest absolute Gasteiger partial charge is 0.0726 e. The molecule has 66 valence electrons. The van der Waals surface area contributed by atoms with Gasteiger partial charge in [-0.1, -0.05) is 0 Å². The molecule has 0 aromatic carbocycles. The van der Waals surface area contributed by atoms with Crippen molar-refractivity contribution in [1.82, 2.24) is 10.2 Å². The summed E-state index contributed by atoms with van der Waals surface area (Å²) in [7, 11) is 0. The lowest BCUT2D eigenvalue weighted by Gasteiger charge is -2.22. The number of aromatic amines is 1. The van der Waals surface area contributed by atoms with E-state index in [9.17, 15) is 0 Å². The number of hydrogen-bond acceptors (Lipinski definition) is 3. The van der Waals surface area contributed by atoms with E-state index in [4.69, 9.17) is 0 Å². The molecule has 12 heavy (non-hydrogen) atoms. The molecule has 2 heterocycles. The molecule has 3 nitrogen and oxygen atoms in total. The zero-order valence-corrected chi connectivity index (χ0v) is 7.73. The summed E-state index contributed by atoms with van der Waals surface area (Å²) in [5.41, 5.74) is 1.11. The Labute approximate surface area is 76.3 Å². The topological polar surface area (TPSA) is 40.7 Å². The Morgan fingerprint density at radius 1 is 1.67 bits per heavy atom. The van der Waals surface area contributed by atoms with Crippen molar-refractivity contribution in [2.75, 3.05) is 16.8 Å². The van der Waals surface area contributed by atoms with Crippen LogP contribution in [0.4, 0.5) is 5.69 Å². The number of nitrogens with zero attached hydrogens (tertiary/aromatic N) is 1. The van der Waals surface area contributed by atoms with Gasteiger partial charge in [-0.2, -0.15) is 16.9 Å². The fraction of sp³-hybridized carbons (Fsp3) is 0.625. The predicted octanol–water partition coefficient (Wildman–Crippen LogP) is 1.72. The number of H-pyrrole nitrogens is 1. The first kappa shape index (κ1) is 7.98. The second kappa shape index (κ2) is 3.85. The maximum absolute atomic E-state index is 3.89. The van der Waals surface area contributed by atoms with Gasteiger partial charge in [-0.25, -0.2) is 0 Å². The summed E-state index contributed by atoms with van der Waals surface area (Å²) >= 11 is 2.03. The van der Waals surface area contributed by atoms with Crippen molar-refractivity contribution in [2.45, 2.75) is 18.9 Å². The summed E-state index contributed by atoms with van der Waals surface area (Å²) in [5.74, 6) is 2.55. The van der Waals surface area contributed by atoms with Crippen molar-refractivity contribution in [3.63, 3.8) is 0 Å². The minimum absolute atomic E-state index is 0.640. The molecule has 0 spiro atoms. The highest BCUT2D eigenvalue weighted by atomic mass is 32.2. The lowest BCUT2D eigenvalue weighted by atomic mass is 10.2. The van der Waals surface area contributed by atoms with E-state index in [2.05, 4.69) is 15.5 Å². The molecule has 0 bridgehead atoms. The van der Waals surface area contributed by atoms with Gasteiger partial charge in [0.15, 0.2) is 0 Å². The standard InChI is InChI=1S/C8H13N3S/c1-2-7(6-12-3-1)11-8-4-9-10-5-8/h4-5,7,11H,1-3,6H2,(H,9,10). The average Bonchev–Trinajstić information content (AvgIpc) is 2.59. The van der Waals surface area contributed by atoms with E-state index in [1.165, 1.54) is 24.3 Å². The fourth-order valence-corrected chi connectivity index (χ4v) is 2.49. The van der Waals surface area contributed by atoms with Crippen LogP contribution in [0.3, 0.4) is 0 Å². The molecule has 1 aromatic rings. The Morgan fingerprint density at radius 3 is 3.33 bits per heavy atom. The van der Waals surface area contributed by atoms with Gasteiger partial charge in [-0.05, 0) is 18.6 Å². The van der Waals surface area contributed by atoms with Gasteiger partial charge in [0, 0.05) is 18.0 Å². The second-order valence-corrected chi connectivity index (χ2v) is 4.20. The number of aromatic nitrogens is 2. The molecule has 1 unspecified atom stereocenters. The molecule has 0 aliphatic carbocycles. The Morgan fingerprint density at radius 2 is 2.67 bits per heavy atom. The zero-order chi connectivity index (χ0) is 8.23. The second-order valence-electron chi connectivity index (χ2n) is 3.05. The lowest BCUT2D eigenvalue weighted by molar-refractivity contribution is 0.685. The van der Waals surface area contributed by atoms with Crippen molar-refractivity contribution in [3.8, 4) is 0 Å². The summed E-state index contributed by atoms with van der Waals surface area (Å²) in [5, 5.41) is 10.1. The molecule has 4 heteroatoms. The van der Waals surface area contributed by atoms with Crippen LogP contribution in [0.15, 0.2) is 12.4 Å². The van der Waals surface area contributed by atoms with Gasteiger partial charge < -0.3 is 5.32 Å². The van der Waals surface area contributed by atoms with Gasteiger partial charge in [0.1, 0.15) is 0 Å². The van der Waals surface area contributed by atoms with E-state index in [0.717, 1.165) is 5.69 Å². The minimum atomic E-state index is 0.640. The van der Waals surface area contributed by atoms with E-state index in [0.29, 0.717) is 6.04 Å². The first-order chi connectivity index (χ1) is 5.95. The molecule has 0 amide bonds. The number of hydrogen-bond donors (Lipinski definition) is 2. The van der Waals surface area contributed by atoms with Crippen molar-refractivity contribution in [2.24, 2.45) is 0 Å². The number of thioether (sulfide) groups is 1. The van der Waals surface area contributed by atoms with Gasteiger partial charge >= 0.3 is 0 Å². The molecule has 1 saturated heterocycles. The predicted molar refractivity (Wildman–Crippen MR) is 52.6 cm³/mol. The number of anilines is 1. The van der Waals surface area contributed by atoms with Crippen LogP contribution < -0.4 is 5.32 Å². The summed E-state index contributed by atoms with van der Waals surface area (Å²) in [6.07, 6.45) is 6.36. The Kier molecular flexibility index (Phi) is 2.56. The van der Waals surface area contributed by atoms with Crippen molar-refractivity contribution in [3.05, 3.63) is 12.4 Å². The van der Waals surface area contributed by atoms with Gasteiger partial charge in [-0.15, -0.1) is 0 Å². The van der Waals surface area contributed by atoms with Gasteiger partial charge in [0.25, 0.3) is 0 Å². The lowest BCUT2D eigenvalue weighted by Crippen LogP contribution is -2.25. The SMILES string of the molecule is c1n[nH]cc1NC1CCCSC1. The quantitative estimate of drug-likeness (QED) is 0.733. The van der Waals surface area contributed by atoms with Crippen molar-refractivity contribution in [1.29, 1.82) is 0 Å². The number of rotatable bonds is 2. The first-order valence-electron chi connectivity index (χ1n) is 4.28. The van der Waals surface area contributed by atoms with E-state index in [1.807, 2.05) is 24.2 Å². The Hall–Kier alpha value is -0.640. The molecule has 1 aromatic heterocycles. The molecule has 1 aliphatic heterocycles. The molecule has 2 N–H and O–H groups in total. The van der Waals surface area contributed by atoms with Crippen LogP contribution in [0, 0.1) is 0 Å². The normalized spacial score (nSPS) is 23.8. The van der Waals surface area contributed by atoms with Crippen molar-refractivity contribution >= 4 is 17.4 Å². The maximum atomic E-state index is 3.89. The van der Waals surface area contributed by atoms with Crippen LogP contribution >= 0.6 is 11.8 Å². The monoisotopic (exact) mass is 183 g/mol. The molecule has 1 aliphatic rings. The highest BCUT2D eigenvalue weighted by Crippen LogP contribution is 2.19. The van der Waals surface area contributed by atoms with E-state index >= 15 is 0 Å². The summed E-state index contributed by atoms with van der Waals surface area (Å²) < 4.78 is 0. The zero-order valence-electron chi connectivity index (χ0n) is 6.92. The van der Waals surface area contributed by atoms with Gasteiger partial charge in [0.2, 0.25) is 0 Å². The highest BCUT2D eigenvalue weighted by molar-refractivity contribution is 7.99. The van der Waals surface area contributed by atoms with Gasteiger partial charge in [0.05, 0.1) is 11.9 Å². The Bertz CT molecular complexity index is 216. The third-order valence-electron chi connectivity index (χ3n) is 2.03. The fourth-order valence-electron chi connectivity index (χ4n) is 1.42. The minimum Gasteiger partial charge on any atom is -0.379 e. The van der Waals surface area contributed by atoms with Crippen LogP contribution in [0.5, 0.6) is 0 Å².